The van der Waals surface area contributed by atoms with Gasteiger partial charge in [-0.25, -0.2) is 0 Å². The molecule has 0 radical (unpaired) electrons. The van der Waals surface area contributed by atoms with E-state index in [1.54, 1.807) is 5.32 Å². The molecule has 1 heterocycles. The van der Waals surface area contributed by atoms with Gasteiger partial charge in [0, 0.05) is 0 Å². The van der Waals surface area contributed by atoms with Gasteiger partial charge in [0.25, 0.3) is 5.91 Å². The van der Waals surface area contributed by atoms with Crippen molar-refractivity contribution in [3.8, 4) is 5.75 Å². The summed E-state index contributed by atoms with van der Waals surface area (Å²) in [6.07, 6.45) is -4.73. The van der Waals surface area contributed by atoms with Crippen molar-refractivity contribution in [3.63, 3.8) is 0 Å². The number of carbonyl (C=O) groups is 1. The van der Waals surface area contributed by atoms with Crippen LogP contribution in [0.15, 0.2) is 18.3 Å². The zero-order chi connectivity index (χ0) is 15.3. The third-order valence-electron chi connectivity index (χ3n) is 2.06. The second-order valence-corrected chi connectivity index (χ2v) is 3.68. The molecule has 0 spiro atoms. The van der Waals surface area contributed by atoms with E-state index < -0.39 is 35.5 Å². The molecule has 0 bridgehead atoms. The van der Waals surface area contributed by atoms with E-state index in [2.05, 4.69) is 4.98 Å². The Kier molecular flexibility index (Phi) is 4.83. The van der Waals surface area contributed by atoms with Gasteiger partial charge in [0.05, 0.1) is 0 Å². The molecular formula is C10H10F3N3O4. The summed E-state index contributed by atoms with van der Waals surface area (Å²) in [7, 11) is 0. The third-order valence-corrected chi connectivity index (χ3v) is 2.06. The largest absolute Gasteiger partial charge is 0.473 e. The smallest absolute Gasteiger partial charge is 0.406 e. The van der Waals surface area contributed by atoms with Crippen LogP contribution in [0.1, 0.15) is 6.92 Å². The number of nitrogens with one attached hydrogen (secondary N) is 1. The van der Waals surface area contributed by atoms with Crippen molar-refractivity contribution in [1.82, 2.24) is 10.3 Å². The molecule has 1 atom stereocenters. The van der Waals surface area contributed by atoms with Crippen LogP contribution >= 0.6 is 0 Å². The average Bonchev–Trinajstić information content (AvgIpc) is 2.35. The highest BCUT2D eigenvalue weighted by Gasteiger charge is 2.29. The summed E-state index contributed by atoms with van der Waals surface area (Å²) in [5, 5.41) is 12.3. The lowest BCUT2D eigenvalue weighted by atomic mass is 10.3. The van der Waals surface area contributed by atoms with Crippen LogP contribution in [0.3, 0.4) is 0 Å². The lowest BCUT2D eigenvalue weighted by molar-refractivity contribution is -0.390. The quantitative estimate of drug-likeness (QED) is 0.654. The van der Waals surface area contributed by atoms with Gasteiger partial charge in [0.2, 0.25) is 5.75 Å². The maximum absolute atomic E-state index is 11.9. The number of nitrogens with zero attached hydrogens (tertiary/aromatic N) is 2. The van der Waals surface area contributed by atoms with Crippen molar-refractivity contribution in [2.75, 3.05) is 6.54 Å². The molecule has 0 aliphatic carbocycles. The molecule has 0 saturated carbocycles. The van der Waals surface area contributed by atoms with Gasteiger partial charge < -0.3 is 20.2 Å². The molecule has 0 aliphatic rings. The Labute approximate surface area is 110 Å². The van der Waals surface area contributed by atoms with Crippen molar-refractivity contribution in [1.29, 1.82) is 0 Å². The van der Waals surface area contributed by atoms with E-state index in [0.29, 0.717) is 0 Å². The highest BCUT2D eigenvalue weighted by atomic mass is 19.4. The first-order chi connectivity index (χ1) is 9.20. The average molecular weight is 293 g/mol. The van der Waals surface area contributed by atoms with Gasteiger partial charge in [-0.05, 0) is 29.0 Å². The minimum Gasteiger partial charge on any atom is -0.473 e. The van der Waals surface area contributed by atoms with Crippen LogP contribution in [0.25, 0.3) is 0 Å². The van der Waals surface area contributed by atoms with Crippen LogP contribution in [0.4, 0.5) is 19.0 Å². The maximum Gasteiger partial charge on any atom is 0.406 e. The minimum absolute atomic E-state index is 0.299. The number of nitro groups is 1. The van der Waals surface area contributed by atoms with Crippen LogP contribution in [-0.2, 0) is 4.79 Å². The Bertz CT molecular complexity index is 507. The minimum atomic E-state index is -4.55. The summed E-state index contributed by atoms with van der Waals surface area (Å²) in [6, 6.07) is 2.53. The monoisotopic (exact) mass is 293 g/mol. The molecule has 1 N–H and O–H groups in total. The second-order valence-electron chi connectivity index (χ2n) is 3.68. The topological polar surface area (TPSA) is 94.4 Å². The number of halogens is 3. The zero-order valence-corrected chi connectivity index (χ0v) is 10.2. The number of hydrogen-bond acceptors (Lipinski definition) is 5. The van der Waals surface area contributed by atoms with Crippen molar-refractivity contribution < 1.29 is 27.6 Å². The summed E-state index contributed by atoms with van der Waals surface area (Å²) in [5.74, 6) is -1.96. The van der Waals surface area contributed by atoms with E-state index >= 15 is 0 Å². The van der Waals surface area contributed by atoms with Crippen LogP contribution in [0, 0.1) is 10.1 Å². The molecule has 0 aliphatic heterocycles. The van der Waals surface area contributed by atoms with Gasteiger partial charge in [0.15, 0.2) is 6.10 Å². The molecule has 1 amide bonds. The first-order valence-electron chi connectivity index (χ1n) is 5.31. The van der Waals surface area contributed by atoms with E-state index in [9.17, 15) is 28.1 Å². The number of ether oxygens (including phenoxy) is 1. The SMILES string of the molecule is CC(Oc1cccnc1[N+](=O)[O-])C(=O)NCC(F)(F)F. The lowest BCUT2D eigenvalue weighted by Gasteiger charge is -2.15. The number of amides is 1. The van der Waals surface area contributed by atoms with Crippen molar-refractivity contribution >= 4 is 11.7 Å². The van der Waals surface area contributed by atoms with Crippen LogP contribution < -0.4 is 10.1 Å². The predicted molar refractivity (Wildman–Crippen MR) is 60.0 cm³/mol. The summed E-state index contributed by atoms with van der Waals surface area (Å²) >= 11 is 0. The van der Waals surface area contributed by atoms with E-state index in [1.807, 2.05) is 0 Å². The summed E-state index contributed by atoms with van der Waals surface area (Å²) in [5.41, 5.74) is 0. The van der Waals surface area contributed by atoms with Crippen molar-refractivity contribution in [2.45, 2.75) is 19.2 Å². The number of alkyl halides is 3. The number of pyridine rings is 1. The number of rotatable bonds is 5. The number of carbonyl (C=O) groups excluding carboxylic acids is 1. The van der Waals surface area contributed by atoms with Gasteiger partial charge in [-0.15, -0.1) is 0 Å². The molecule has 110 valence electrons. The summed E-state index contributed by atoms with van der Waals surface area (Å²) in [6.45, 7) is -0.336. The normalized spacial score (nSPS) is 12.6. The Balaban J connectivity index is 2.69. The van der Waals surface area contributed by atoms with Gasteiger partial charge in [-0.3, -0.25) is 4.79 Å². The van der Waals surface area contributed by atoms with Crippen molar-refractivity contribution in [2.24, 2.45) is 0 Å². The maximum atomic E-state index is 11.9. The molecule has 20 heavy (non-hydrogen) atoms. The fourth-order valence-corrected chi connectivity index (χ4v) is 1.19. The third kappa shape index (κ3) is 4.71. The standard InChI is InChI=1S/C10H10F3N3O4/c1-6(9(17)15-5-10(11,12)13)20-7-3-2-4-14-8(7)16(18)19/h2-4,6H,5H2,1H3,(H,15,17). The zero-order valence-electron chi connectivity index (χ0n) is 10.2. The molecular weight excluding hydrogens is 283 g/mol. The fraction of sp³-hybridized carbons (Fsp3) is 0.400. The molecule has 1 unspecified atom stereocenters. The van der Waals surface area contributed by atoms with Crippen LogP contribution in [0.2, 0.25) is 0 Å². The molecule has 7 nitrogen and oxygen atoms in total. The summed E-state index contributed by atoms with van der Waals surface area (Å²) in [4.78, 5) is 24.6. The molecule has 0 aromatic carbocycles. The Hall–Kier alpha value is -2.39. The van der Waals surface area contributed by atoms with E-state index in [4.69, 9.17) is 4.74 Å². The molecule has 1 aromatic heterocycles. The van der Waals surface area contributed by atoms with Crippen LogP contribution in [0.5, 0.6) is 5.75 Å². The number of aromatic nitrogens is 1. The molecule has 10 heteroatoms. The highest BCUT2D eigenvalue weighted by Crippen LogP contribution is 2.24. The number of hydrogen-bond donors (Lipinski definition) is 1. The highest BCUT2D eigenvalue weighted by molar-refractivity contribution is 5.80. The molecule has 1 rings (SSSR count). The Morgan fingerprint density at radius 3 is 2.80 bits per heavy atom. The van der Waals surface area contributed by atoms with Crippen molar-refractivity contribution in [3.05, 3.63) is 28.4 Å². The first kappa shape index (κ1) is 15.7. The van der Waals surface area contributed by atoms with Gasteiger partial charge >= 0.3 is 12.0 Å². The predicted octanol–water partition coefficient (Wildman–Crippen LogP) is 1.44. The van der Waals surface area contributed by atoms with E-state index in [1.165, 1.54) is 19.1 Å². The first-order valence-corrected chi connectivity index (χ1v) is 5.31. The Morgan fingerprint density at radius 1 is 1.60 bits per heavy atom. The molecule has 0 fully saturated rings. The Morgan fingerprint density at radius 2 is 2.25 bits per heavy atom. The van der Waals surface area contributed by atoms with Gasteiger partial charge in [0.1, 0.15) is 12.7 Å². The molecule has 0 saturated heterocycles. The van der Waals surface area contributed by atoms with E-state index in [0.717, 1.165) is 6.20 Å². The summed E-state index contributed by atoms with van der Waals surface area (Å²) < 4.78 is 40.7. The fourth-order valence-electron chi connectivity index (χ4n) is 1.19. The van der Waals surface area contributed by atoms with E-state index in [-0.39, 0.29) is 5.75 Å². The van der Waals surface area contributed by atoms with Gasteiger partial charge in [-0.2, -0.15) is 13.2 Å². The molecule has 1 aromatic rings. The van der Waals surface area contributed by atoms with Crippen LogP contribution in [-0.4, -0.2) is 34.6 Å². The van der Waals surface area contributed by atoms with Gasteiger partial charge in [-0.1, -0.05) is 0 Å². The lowest BCUT2D eigenvalue weighted by Crippen LogP contribution is -2.41. The second kappa shape index (κ2) is 6.17.